The van der Waals surface area contributed by atoms with Crippen LogP contribution in [0.5, 0.6) is 11.5 Å². The first-order chi connectivity index (χ1) is 13.0. The van der Waals surface area contributed by atoms with Crippen LogP contribution in [0, 0.1) is 0 Å². The van der Waals surface area contributed by atoms with Crippen molar-refractivity contribution in [3.63, 3.8) is 0 Å². The van der Waals surface area contributed by atoms with Crippen LogP contribution in [-0.4, -0.2) is 36.7 Å². The molecule has 0 radical (unpaired) electrons. The molecule has 2 aromatic rings. The number of amides is 1. The molecule has 0 aromatic heterocycles. The Bertz CT molecular complexity index is 839. The summed E-state index contributed by atoms with van der Waals surface area (Å²) in [4.78, 5) is 25.1. The van der Waals surface area contributed by atoms with E-state index >= 15 is 0 Å². The van der Waals surface area contributed by atoms with Crippen molar-refractivity contribution in [2.75, 3.05) is 19.8 Å². The molecule has 1 fully saturated rings. The fraction of sp³-hybridized carbons (Fsp3) is 0.300. The maximum absolute atomic E-state index is 11.7. The average molecular weight is 434 g/mol. The normalized spacial score (nSPS) is 13.4. The van der Waals surface area contributed by atoms with E-state index in [0.717, 1.165) is 15.6 Å². The number of esters is 1. The highest BCUT2D eigenvalue weighted by Crippen LogP contribution is 2.30. The third kappa shape index (κ3) is 5.23. The van der Waals surface area contributed by atoms with E-state index in [4.69, 9.17) is 14.2 Å². The quantitative estimate of drug-likeness (QED) is 0.608. The molecule has 1 heterocycles. The average Bonchev–Trinajstić information content (AvgIpc) is 3.03. The summed E-state index contributed by atoms with van der Waals surface area (Å²) in [5.41, 5.74) is 1.67. The zero-order valence-electron chi connectivity index (χ0n) is 14.9. The highest BCUT2D eigenvalue weighted by atomic mass is 79.9. The number of ether oxygens (including phenoxy) is 3. The summed E-state index contributed by atoms with van der Waals surface area (Å²) in [7, 11) is 0. The maximum Gasteiger partial charge on any atom is 0.410 e. The van der Waals surface area contributed by atoms with Crippen molar-refractivity contribution in [2.45, 2.75) is 19.9 Å². The lowest BCUT2D eigenvalue weighted by Gasteiger charge is -2.17. The molecule has 1 aliphatic rings. The first-order valence-electron chi connectivity index (χ1n) is 8.67. The minimum Gasteiger partial charge on any atom is -0.466 e. The van der Waals surface area contributed by atoms with Crippen molar-refractivity contribution in [1.82, 2.24) is 4.90 Å². The van der Waals surface area contributed by atoms with Crippen molar-refractivity contribution in [2.24, 2.45) is 0 Å². The Balaban J connectivity index is 1.77. The Morgan fingerprint density at radius 2 is 2.11 bits per heavy atom. The van der Waals surface area contributed by atoms with Gasteiger partial charge in [0.1, 0.15) is 18.1 Å². The van der Waals surface area contributed by atoms with Crippen LogP contribution in [0.2, 0.25) is 0 Å². The molecule has 0 saturated carbocycles. The summed E-state index contributed by atoms with van der Waals surface area (Å²) in [6, 6.07) is 13.0. The van der Waals surface area contributed by atoms with Crippen LogP contribution in [0.15, 0.2) is 46.9 Å². The van der Waals surface area contributed by atoms with E-state index in [1.165, 1.54) is 0 Å². The Morgan fingerprint density at radius 1 is 1.26 bits per heavy atom. The number of carbonyl (C=O) groups excluding carboxylic acids is 2. The molecule has 1 amide bonds. The van der Waals surface area contributed by atoms with Gasteiger partial charge in [-0.2, -0.15) is 0 Å². The monoisotopic (exact) mass is 433 g/mol. The third-order valence-corrected chi connectivity index (χ3v) is 4.50. The molecule has 0 bridgehead atoms. The Kier molecular flexibility index (Phi) is 6.34. The topological polar surface area (TPSA) is 65.1 Å². The minimum absolute atomic E-state index is 0.192. The fourth-order valence-corrected chi connectivity index (χ4v) is 3.18. The summed E-state index contributed by atoms with van der Waals surface area (Å²) in [5.74, 6) is 0.988. The van der Waals surface area contributed by atoms with Crippen LogP contribution in [-0.2, 0) is 27.2 Å². The second kappa shape index (κ2) is 8.90. The second-order valence-corrected chi connectivity index (χ2v) is 6.93. The summed E-state index contributed by atoms with van der Waals surface area (Å²) in [6.45, 7) is 3.49. The molecule has 2 aromatic carbocycles. The molecule has 0 N–H and O–H groups in total. The zero-order chi connectivity index (χ0) is 19.2. The molecule has 0 aliphatic carbocycles. The molecule has 1 aliphatic heterocycles. The standard InChI is InChI=1S/C20H20BrNO5/c1-2-25-19(23)11-14-4-3-5-17(10-14)27-18-7-6-16(21)12-15(18)13-22-8-9-26-20(22)24/h3-7,10,12H,2,8-9,11,13H2,1H3. The van der Waals surface area contributed by atoms with Crippen molar-refractivity contribution >= 4 is 28.0 Å². The minimum atomic E-state index is -0.322. The number of halogens is 1. The number of rotatable bonds is 7. The van der Waals surface area contributed by atoms with Gasteiger partial charge in [0.15, 0.2) is 0 Å². The largest absolute Gasteiger partial charge is 0.466 e. The summed E-state index contributed by atoms with van der Waals surface area (Å²) in [5, 5.41) is 0. The van der Waals surface area contributed by atoms with E-state index in [1.807, 2.05) is 42.5 Å². The van der Waals surface area contributed by atoms with Gasteiger partial charge in [-0.15, -0.1) is 0 Å². The van der Waals surface area contributed by atoms with Gasteiger partial charge in [-0.1, -0.05) is 28.1 Å². The van der Waals surface area contributed by atoms with Crippen molar-refractivity contribution in [1.29, 1.82) is 0 Å². The lowest BCUT2D eigenvalue weighted by Crippen LogP contribution is -2.23. The van der Waals surface area contributed by atoms with Crippen LogP contribution >= 0.6 is 15.9 Å². The van der Waals surface area contributed by atoms with E-state index in [-0.39, 0.29) is 18.5 Å². The van der Waals surface area contributed by atoms with Gasteiger partial charge >= 0.3 is 12.1 Å². The number of hydrogen-bond acceptors (Lipinski definition) is 5. The van der Waals surface area contributed by atoms with Gasteiger partial charge in [0.25, 0.3) is 0 Å². The maximum atomic E-state index is 11.7. The molecule has 7 heteroatoms. The van der Waals surface area contributed by atoms with Crippen LogP contribution in [0.1, 0.15) is 18.1 Å². The highest BCUT2D eigenvalue weighted by molar-refractivity contribution is 9.10. The van der Waals surface area contributed by atoms with Gasteiger partial charge in [0, 0.05) is 10.0 Å². The van der Waals surface area contributed by atoms with E-state index < -0.39 is 0 Å². The van der Waals surface area contributed by atoms with Crippen molar-refractivity contribution in [3.05, 3.63) is 58.1 Å². The van der Waals surface area contributed by atoms with Crippen LogP contribution in [0.4, 0.5) is 4.79 Å². The predicted molar refractivity (Wildman–Crippen MR) is 103 cm³/mol. The molecule has 0 spiro atoms. The van der Waals surface area contributed by atoms with Gasteiger partial charge in [-0.05, 0) is 42.8 Å². The molecule has 27 heavy (non-hydrogen) atoms. The zero-order valence-corrected chi connectivity index (χ0v) is 16.5. The number of carbonyl (C=O) groups is 2. The third-order valence-electron chi connectivity index (χ3n) is 4.01. The van der Waals surface area contributed by atoms with Gasteiger partial charge in [-0.25, -0.2) is 4.79 Å². The van der Waals surface area contributed by atoms with Gasteiger partial charge in [0.05, 0.1) is 26.1 Å². The van der Waals surface area contributed by atoms with Crippen LogP contribution in [0.25, 0.3) is 0 Å². The molecule has 3 rings (SSSR count). The van der Waals surface area contributed by atoms with E-state index in [9.17, 15) is 9.59 Å². The highest BCUT2D eigenvalue weighted by Gasteiger charge is 2.23. The molecular formula is C20H20BrNO5. The fourth-order valence-electron chi connectivity index (χ4n) is 2.77. The lowest BCUT2D eigenvalue weighted by atomic mass is 10.1. The van der Waals surface area contributed by atoms with Gasteiger partial charge in [-0.3, -0.25) is 4.79 Å². The number of cyclic esters (lactones) is 1. The molecule has 1 saturated heterocycles. The molecule has 142 valence electrons. The van der Waals surface area contributed by atoms with E-state index in [0.29, 0.717) is 37.8 Å². The summed E-state index contributed by atoms with van der Waals surface area (Å²) >= 11 is 3.46. The Labute approximate surface area is 166 Å². The Morgan fingerprint density at radius 3 is 2.85 bits per heavy atom. The number of nitrogens with zero attached hydrogens (tertiary/aromatic N) is 1. The SMILES string of the molecule is CCOC(=O)Cc1cccc(Oc2ccc(Br)cc2CN2CCOC2=O)c1. The first-order valence-corrected chi connectivity index (χ1v) is 9.47. The molecule has 0 atom stereocenters. The van der Waals surface area contributed by atoms with Crippen molar-refractivity contribution < 1.29 is 23.8 Å². The second-order valence-electron chi connectivity index (χ2n) is 6.02. The smallest absolute Gasteiger partial charge is 0.410 e. The summed E-state index contributed by atoms with van der Waals surface area (Å²) in [6.07, 6.45) is -0.130. The molecule has 6 nitrogen and oxygen atoms in total. The predicted octanol–water partition coefficient (Wildman–Crippen LogP) is 4.30. The van der Waals surface area contributed by atoms with E-state index in [2.05, 4.69) is 15.9 Å². The van der Waals surface area contributed by atoms with Crippen LogP contribution < -0.4 is 4.74 Å². The van der Waals surface area contributed by atoms with E-state index in [1.54, 1.807) is 11.8 Å². The molecule has 0 unspecified atom stereocenters. The van der Waals surface area contributed by atoms with Crippen molar-refractivity contribution in [3.8, 4) is 11.5 Å². The van der Waals surface area contributed by atoms with Crippen LogP contribution in [0.3, 0.4) is 0 Å². The lowest BCUT2D eigenvalue weighted by molar-refractivity contribution is -0.142. The number of hydrogen-bond donors (Lipinski definition) is 0. The number of benzene rings is 2. The summed E-state index contributed by atoms with van der Waals surface area (Å²) < 4.78 is 16.9. The van der Waals surface area contributed by atoms with Gasteiger partial charge < -0.3 is 19.1 Å². The Hall–Kier alpha value is -2.54. The first kappa shape index (κ1) is 19.2. The molecular weight excluding hydrogens is 414 g/mol. The van der Waals surface area contributed by atoms with Gasteiger partial charge in [0.2, 0.25) is 0 Å².